The van der Waals surface area contributed by atoms with E-state index < -0.39 is 18.2 Å². The van der Waals surface area contributed by atoms with Crippen LogP contribution in [0.2, 0.25) is 0 Å². The van der Waals surface area contributed by atoms with Gasteiger partial charge >= 0.3 is 6.61 Å². The third-order valence-electron chi connectivity index (χ3n) is 7.49. The van der Waals surface area contributed by atoms with Gasteiger partial charge in [0, 0.05) is 5.39 Å². The van der Waals surface area contributed by atoms with Crippen LogP contribution >= 0.6 is 0 Å². The second-order valence-electron chi connectivity index (χ2n) is 9.88. The van der Waals surface area contributed by atoms with Crippen LogP contribution in [0.5, 0.6) is 5.75 Å². The van der Waals surface area contributed by atoms with Crippen LogP contribution in [0.4, 0.5) is 17.6 Å². The molecule has 1 fully saturated rings. The van der Waals surface area contributed by atoms with E-state index in [4.69, 9.17) is 0 Å². The number of unbranched alkanes of at least 4 members (excludes halogenated alkanes) is 2. The molecule has 0 N–H and O–H groups in total. The van der Waals surface area contributed by atoms with Crippen LogP contribution in [0.25, 0.3) is 10.8 Å². The minimum absolute atomic E-state index is 0.244. The molecule has 0 amide bonds. The first-order chi connectivity index (χ1) is 16.9. The summed E-state index contributed by atoms with van der Waals surface area (Å²) in [7, 11) is 0. The quantitative estimate of drug-likeness (QED) is 0.205. The Hall–Kier alpha value is -2.56. The van der Waals surface area contributed by atoms with E-state index in [0.29, 0.717) is 35.3 Å². The molecule has 1 aliphatic rings. The molecule has 188 valence electrons. The molecule has 35 heavy (non-hydrogen) atoms. The molecular weight excluding hydrogens is 452 g/mol. The first-order valence-corrected chi connectivity index (χ1v) is 12.9. The van der Waals surface area contributed by atoms with Crippen molar-refractivity contribution in [2.24, 2.45) is 5.92 Å². The van der Waals surface area contributed by atoms with Gasteiger partial charge in [-0.1, -0.05) is 69.0 Å². The van der Waals surface area contributed by atoms with E-state index >= 15 is 4.39 Å². The van der Waals surface area contributed by atoms with E-state index in [0.717, 1.165) is 11.3 Å². The van der Waals surface area contributed by atoms with E-state index in [-0.39, 0.29) is 5.82 Å². The van der Waals surface area contributed by atoms with E-state index in [1.54, 1.807) is 6.07 Å². The second kappa shape index (κ2) is 11.9. The minimum Gasteiger partial charge on any atom is -0.432 e. The summed E-state index contributed by atoms with van der Waals surface area (Å²) in [6.07, 6.45) is 11.1. The third kappa shape index (κ3) is 6.56. The number of benzene rings is 3. The molecule has 1 nitrogen and oxygen atoms in total. The number of hydrogen-bond donors (Lipinski definition) is 0. The Morgan fingerprint density at radius 1 is 0.886 bits per heavy atom. The van der Waals surface area contributed by atoms with Crippen LogP contribution in [0.15, 0.2) is 48.5 Å². The first-order valence-electron chi connectivity index (χ1n) is 12.9. The lowest BCUT2D eigenvalue weighted by molar-refractivity contribution is -0.0522. The Balaban J connectivity index is 1.39. The zero-order valence-corrected chi connectivity index (χ0v) is 20.3. The van der Waals surface area contributed by atoms with Gasteiger partial charge in [0.25, 0.3) is 0 Å². The molecular formula is C30H34F4O. The van der Waals surface area contributed by atoms with Crippen molar-refractivity contribution in [2.75, 3.05) is 0 Å². The maximum atomic E-state index is 15.3. The van der Waals surface area contributed by atoms with Crippen LogP contribution in [-0.2, 0) is 12.8 Å². The Bertz CT molecular complexity index is 1120. The smallest absolute Gasteiger partial charge is 0.387 e. The monoisotopic (exact) mass is 486 g/mol. The first kappa shape index (κ1) is 25.5. The van der Waals surface area contributed by atoms with Gasteiger partial charge in [-0.2, -0.15) is 8.78 Å². The molecule has 0 spiro atoms. The van der Waals surface area contributed by atoms with Gasteiger partial charge in [0.15, 0.2) is 11.6 Å². The Morgan fingerprint density at radius 2 is 1.69 bits per heavy atom. The van der Waals surface area contributed by atoms with Crippen molar-refractivity contribution in [1.82, 2.24) is 0 Å². The summed E-state index contributed by atoms with van der Waals surface area (Å²) >= 11 is 0. The average molecular weight is 487 g/mol. The molecule has 5 heteroatoms. The summed E-state index contributed by atoms with van der Waals surface area (Å²) in [5.41, 5.74) is 2.47. The second-order valence-corrected chi connectivity index (χ2v) is 9.88. The lowest BCUT2D eigenvalue weighted by Crippen LogP contribution is -2.13. The summed E-state index contributed by atoms with van der Waals surface area (Å²) in [6, 6.07) is 13.8. The average Bonchev–Trinajstić information content (AvgIpc) is 2.85. The maximum absolute atomic E-state index is 15.3. The number of hydrogen-bond acceptors (Lipinski definition) is 1. The molecule has 0 bridgehead atoms. The van der Waals surface area contributed by atoms with Crippen molar-refractivity contribution < 1.29 is 22.3 Å². The van der Waals surface area contributed by atoms with Crippen molar-refractivity contribution in [3.63, 3.8) is 0 Å². The van der Waals surface area contributed by atoms with Gasteiger partial charge in [-0.15, -0.1) is 0 Å². The molecule has 0 unspecified atom stereocenters. The molecule has 0 aliphatic heterocycles. The maximum Gasteiger partial charge on any atom is 0.387 e. The molecule has 0 atom stereocenters. The lowest BCUT2D eigenvalue weighted by atomic mass is 9.76. The molecule has 4 rings (SSSR count). The summed E-state index contributed by atoms with van der Waals surface area (Å²) in [5, 5.41) is 1.51. The SMILES string of the molecule is CCCCCC1CCC(c2ccc3c(F)c(CCc4ccc(OC(F)F)c(F)c4)ccc3c2)CC1. The van der Waals surface area contributed by atoms with Crippen LogP contribution in [0, 0.1) is 17.6 Å². The highest BCUT2D eigenvalue weighted by Gasteiger charge is 2.22. The standard InChI is InChI=1S/C30H34F4O/c1-2-3-4-5-20-6-10-22(11-7-20)24-15-16-26-25(19-24)14-13-23(29(26)32)12-8-21-9-17-28(27(31)18-21)35-30(33)34/h9,13-20,22,30H,2-8,10-12H2,1H3. The minimum atomic E-state index is -3.08. The van der Waals surface area contributed by atoms with Crippen LogP contribution in [0.3, 0.4) is 0 Å². The van der Waals surface area contributed by atoms with Gasteiger partial charge in [-0.3, -0.25) is 0 Å². The predicted molar refractivity (Wildman–Crippen MR) is 133 cm³/mol. The van der Waals surface area contributed by atoms with Crippen molar-refractivity contribution in [1.29, 1.82) is 0 Å². The Kier molecular flexibility index (Phi) is 8.69. The fourth-order valence-electron chi connectivity index (χ4n) is 5.44. The molecule has 0 saturated heterocycles. The fourth-order valence-corrected chi connectivity index (χ4v) is 5.44. The van der Waals surface area contributed by atoms with Gasteiger partial charge in [-0.25, -0.2) is 8.78 Å². The third-order valence-corrected chi connectivity index (χ3v) is 7.49. The zero-order valence-electron chi connectivity index (χ0n) is 20.3. The van der Waals surface area contributed by atoms with Gasteiger partial charge in [-0.05, 0) is 84.6 Å². The summed E-state index contributed by atoms with van der Waals surface area (Å²) in [5.74, 6) is -0.159. The van der Waals surface area contributed by atoms with Gasteiger partial charge in [0.2, 0.25) is 0 Å². The fraction of sp³-hybridized carbons (Fsp3) is 0.467. The highest BCUT2D eigenvalue weighted by atomic mass is 19.3. The van der Waals surface area contributed by atoms with Crippen molar-refractivity contribution in [2.45, 2.75) is 83.7 Å². The van der Waals surface area contributed by atoms with Crippen molar-refractivity contribution >= 4 is 10.8 Å². The molecule has 0 aromatic heterocycles. The lowest BCUT2D eigenvalue weighted by Gasteiger charge is -2.29. The highest BCUT2D eigenvalue weighted by molar-refractivity contribution is 5.84. The zero-order chi connectivity index (χ0) is 24.8. The van der Waals surface area contributed by atoms with Crippen molar-refractivity contribution in [3.8, 4) is 5.75 Å². The molecule has 3 aromatic rings. The van der Waals surface area contributed by atoms with Gasteiger partial charge in [0.1, 0.15) is 5.82 Å². The molecule has 3 aromatic carbocycles. The summed E-state index contributed by atoms with van der Waals surface area (Å²) < 4.78 is 58.0. The van der Waals surface area contributed by atoms with Crippen LogP contribution in [-0.4, -0.2) is 6.61 Å². The van der Waals surface area contributed by atoms with E-state index in [9.17, 15) is 13.2 Å². The molecule has 1 saturated carbocycles. The highest BCUT2D eigenvalue weighted by Crippen LogP contribution is 2.39. The van der Waals surface area contributed by atoms with Gasteiger partial charge < -0.3 is 4.74 Å². The number of rotatable bonds is 10. The Morgan fingerprint density at radius 3 is 2.40 bits per heavy atom. The molecule has 1 aliphatic carbocycles. The molecule has 0 radical (unpaired) electrons. The number of fused-ring (bicyclic) bond motifs is 1. The molecule has 0 heterocycles. The number of halogens is 4. The van der Waals surface area contributed by atoms with Crippen molar-refractivity contribution in [3.05, 3.63) is 76.9 Å². The van der Waals surface area contributed by atoms with E-state index in [1.807, 2.05) is 12.1 Å². The van der Waals surface area contributed by atoms with Crippen LogP contribution in [0.1, 0.15) is 80.9 Å². The normalized spacial score (nSPS) is 18.3. The van der Waals surface area contributed by atoms with E-state index in [2.05, 4.69) is 23.8 Å². The van der Waals surface area contributed by atoms with Crippen LogP contribution < -0.4 is 4.74 Å². The summed E-state index contributed by atoms with van der Waals surface area (Å²) in [4.78, 5) is 0. The largest absolute Gasteiger partial charge is 0.432 e. The number of aryl methyl sites for hydroxylation is 2. The summed E-state index contributed by atoms with van der Waals surface area (Å²) in [6.45, 7) is -0.827. The number of alkyl halides is 2. The van der Waals surface area contributed by atoms with Gasteiger partial charge in [0.05, 0.1) is 0 Å². The number of ether oxygens (including phenoxy) is 1. The predicted octanol–water partition coefficient (Wildman–Crippen LogP) is 9.36. The van der Waals surface area contributed by atoms with E-state index in [1.165, 1.54) is 75.1 Å². The Labute approximate surface area is 205 Å². The topological polar surface area (TPSA) is 9.23 Å².